The molecule has 1 aliphatic rings. The predicted molar refractivity (Wildman–Crippen MR) is 76.3 cm³/mol. The Morgan fingerprint density at radius 2 is 2.11 bits per heavy atom. The Labute approximate surface area is 115 Å². The summed E-state index contributed by atoms with van der Waals surface area (Å²) in [6.07, 6.45) is 2.04. The highest BCUT2D eigenvalue weighted by Gasteiger charge is 2.23. The average molecular weight is 269 g/mol. The summed E-state index contributed by atoms with van der Waals surface area (Å²) >= 11 is 0. The molecule has 0 aliphatic carbocycles. The Balaban J connectivity index is 0.00000162. The number of piperidine rings is 1. The standard InChI is InChI=1S/C14H20N2O.ClH/c1-10-5-6-13(11(2)8-10)14(17)16-7-3-4-12(15)9-16;/h5-6,8,12H,3-4,7,9,15H2,1-2H3;1H. The van der Waals surface area contributed by atoms with Gasteiger partial charge in [0.1, 0.15) is 0 Å². The van der Waals surface area contributed by atoms with E-state index in [-0.39, 0.29) is 24.4 Å². The van der Waals surface area contributed by atoms with Crippen LogP contribution in [-0.4, -0.2) is 29.9 Å². The van der Waals surface area contributed by atoms with Crippen molar-refractivity contribution in [2.24, 2.45) is 5.73 Å². The van der Waals surface area contributed by atoms with Gasteiger partial charge in [-0.2, -0.15) is 0 Å². The van der Waals surface area contributed by atoms with Gasteiger partial charge in [0.05, 0.1) is 0 Å². The lowest BCUT2D eigenvalue weighted by molar-refractivity contribution is 0.0708. The fraction of sp³-hybridized carbons (Fsp3) is 0.500. The molecule has 0 bridgehead atoms. The van der Waals surface area contributed by atoms with Crippen LogP contribution in [0.4, 0.5) is 0 Å². The van der Waals surface area contributed by atoms with Crippen molar-refractivity contribution in [2.45, 2.75) is 32.7 Å². The average Bonchev–Trinajstić information content (AvgIpc) is 2.28. The van der Waals surface area contributed by atoms with Crippen LogP contribution in [0.1, 0.15) is 34.3 Å². The first-order valence-corrected chi connectivity index (χ1v) is 6.20. The predicted octanol–water partition coefficient (Wildman–Crippen LogP) is 2.29. The lowest BCUT2D eigenvalue weighted by atomic mass is 10.0. The lowest BCUT2D eigenvalue weighted by Crippen LogP contribution is -2.45. The number of aryl methyl sites for hydroxylation is 2. The molecule has 1 aliphatic heterocycles. The summed E-state index contributed by atoms with van der Waals surface area (Å²) in [4.78, 5) is 14.2. The second kappa shape index (κ2) is 6.21. The molecule has 2 rings (SSSR count). The molecule has 0 spiro atoms. The number of halogens is 1. The summed E-state index contributed by atoms with van der Waals surface area (Å²) in [5.41, 5.74) is 8.96. The Morgan fingerprint density at radius 3 is 2.72 bits per heavy atom. The molecule has 1 heterocycles. The van der Waals surface area contributed by atoms with Crippen LogP contribution in [-0.2, 0) is 0 Å². The fourth-order valence-electron chi connectivity index (χ4n) is 2.42. The molecule has 1 aromatic rings. The molecule has 1 atom stereocenters. The highest BCUT2D eigenvalue weighted by molar-refractivity contribution is 5.95. The number of carbonyl (C=O) groups excluding carboxylic acids is 1. The van der Waals surface area contributed by atoms with Crippen molar-refractivity contribution in [3.05, 3.63) is 34.9 Å². The molecule has 1 aromatic carbocycles. The highest BCUT2D eigenvalue weighted by Crippen LogP contribution is 2.16. The first kappa shape index (κ1) is 15.0. The number of hydrogen-bond acceptors (Lipinski definition) is 2. The maximum atomic E-state index is 12.3. The van der Waals surface area contributed by atoms with Crippen molar-refractivity contribution in [1.29, 1.82) is 0 Å². The molecule has 0 saturated carbocycles. The fourth-order valence-corrected chi connectivity index (χ4v) is 2.42. The van der Waals surface area contributed by atoms with Gasteiger partial charge >= 0.3 is 0 Å². The summed E-state index contributed by atoms with van der Waals surface area (Å²) in [5, 5.41) is 0. The molecular weight excluding hydrogens is 248 g/mol. The molecule has 1 amide bonds. The maximum absolute atomic E-state index is 12.3. The van der Waals surface area contributed by atoms with E-state index in [0.29, 0.717) is 6.54 Å². The second-order valence-corrected chi connectivity index (χ2v) is 4.97. The van der Waals surface area contributed by atoms with Gasteiger partial charge in [-0.3, -0.25) is 4.79 Å². The second-order valence-electron chi connectivity index (χ2n) is 4.97. The molecule has 100 valence electrons. The summed E-state index contributed by atoms with van der Waals surface area (Å²) in [6.45, 7) is 5.55. The van der Waals surface area contributed by atoms with Crippen molar-refractivity contribution in [3.8, 4) is 0 Å². The van der Waals surface area contributed by atoms with E-state index in [1.54, 1.807) is 0 Å². The third-order valence-corrected chi connectivity index (χ3v) is 3.36. The van der Waals surface area contributed by atoms with Crippen molar-refractivity contribution in [3.63, 3.8) is 0 Å². The topological polar surface area (TPSA) is 46.3 Å². The summed E-state index contributed by atoms with van der Waals surface area (Å²) in [7, 11) is 0. The number of amides is 1. The molecule has 0 aromatic heterocycles. The van der Waals surface area contributed by atoms with Crippen LogP contribution in [0.2, 0.25) is 0 Å². The molecule has 18 heavy (non-hydrogen) atoms. The van der Waals surface area contributed by atoms with Gasteiger partial charge in [-0.25, -0.2) is 0 Å². The Kier molecular flexibility index (Phi) is 5.17. The first-order chi connectivity index (χ1) is 8.08. The smallest absolute Gasteiger partial charge is 0.254 e. The molecule has 2 N–H and O–H groups in total. The van der Waals surface area contributed by atoms with E-state index in [2.05, 4.69) is 6.07 Å². The number of benzene rings is 1. The van der Waals surface area contributed by atoms with Crippen molar-refractivity contribution < 1.29 is 4.79 Å². The number of hydrogen-bond donors (Lipinski definition) is 1. The number of likely N-dealkylation sites (tertiary alicyclic amines) is 1. The molecule has 4 heteroatoms. The van der Waals surface area contributed by atoms with Crippen molar-refractivity contribution >= 4 is 18.3 Å². The van der Waals surface area contributed by atoms with Crippen LogP contribution < -0.4 is 5.73 Å². The zero-order chi connectivity index (χ0) is 12.4. The maximum Gasteiger partial charge on any atom is 0.254 e. The van der Waals surface area contributed by atoms with Gasteiger partial charge in [0, 0.05) is 24.7 Å². The van der Waals surface area contributed by atoms with Crippen LogP contribution in [0.15, 0.2) is 18.2 Å². The zero-order valence-electron chi connectivity index (χ0n) is 11.0. The molecule has 1 fully saturated rings. The third kappa shape index (κ3) is 3.24. The van der Waals surface area contributed by atoms with E-state index >= 15 is 0 Å². The first-order valence-electron chi connectivity index (χ1n) is 6.20. The van der Waals surface area contributed by atoms with Gasteiger partial charge in [-0.05, 0) is 38.3 Å². The van der Waals surface area contributed by atoms with Crippen molar-refractivity contribution in [2.75, 3.05) is 13.1 Å². The van der Waals surface area contributed by atoms with Crippen LogP contribution in [0.5, 0.6) is 0 Å². The lowest BCUT2D eigenvalue weighted by Gasteiger charge is -2.31. The van der Waals surface area contributed by atoms with E-state index < -0.39 is 0 Å². The van der Waals surface area contributed by atoms with Gasteiger partial charge in [0.25, 0.3) is 5.91 Å². The minimum Gasteiger partial charge on any atom is -0.337 e. The van der Waals surface area contributed by atoms with E-state index in [4.69, 9.17) is 5.73 Å². The van der Waals surface area contributed by atoms with Gasteiger partial charge in [-0.15, -0.1) is 12.4 Å². The van der Waals surface area contributed by atoms with E-state index in [0.717, 1.165) is 30.5 Å². The monoisotopic (exact) mass is 268 g/mol. The quantitative estimate of drug-likeness (QED) is 0.849. The summed E-state index contributed by atoms with van der Waals surface area (Å²) in [5.74, 6) is 0.123. The minimum atomic E-state index is 0. The van der Waals surface area contributed by atoms with Crippen LogP contribution >= 0.6 is 12.4 Å². The highest BCUT2D eigenvalue weighted by atomic mass is 35.5. The SMILES string of the molecule is Cc1ccc(C(=O)N2CCCC(N)C2)c(C)c1.Cl. The van der Waals surface area contributed by atoms with E-state index in [9.17, 15) is 4.79 Å². The number of rotatable bonds is 1. The molecular formula is C14H21ClN2O. The van der Waals surface area contributed by atoms with Crippen LogP contribution in [0, 0.1) is 13.8 Å². The number of nitrogens with zero attached hydrogens (tertiary/aromatic N) is 1. The molecule has 3 nitrogen and oxygen atoms in total. The zero-order valence-corrected chi connectivity index (χ0v) is 11.8. The normalized spacial score (nSPS) is 19.3. The summed E-state index contributed by atoms with van der Waals surface area (Å²) < 4.78 is 0. The van der Waals surface area contributed by atoms with E-state index in [1.807, 2.05) is 30.9 Å². The molecule has 1 unspecified atom stereocenters. The van der Waals surface area contributed by atoms with Crippen LogP contribution in [0.25, 0.3) is 0 Å². The Morgan fingerprint density at radius 1 is 1.39 bits per heavy atom. The van der Waals surface area contributed by atoms with Gasteiger partial charge in [0.15, 0.2) is 0 Å². The molecule has 1 saturated heterocycles. The van der Waals surface area contributed by atoms with Crippen molar-refractivity contribution in [1.82, 2.24) is 4.90 Å². The Bertz CT molecular complexity index is 434. The minimum absolute atomic E-state index is 0. The van der Waals surface area contributed by atoms with Gasteiger partial charge in [-0.1, -0.05) is 17.7 Å². The molecule has 0 radical (unpaired) electrons. The Hall–Kier alpha value is -1.06. The van der Waals surface area contributed by atoms with Gasteiger partial charge in [0.2, 0.25) is 0 Å². The van der Waals surface area contributed by atoms with Gasteiger partial charge < -0.3 is 10.6 Å². The number of nitrogens with two attached hydrogens (primary N) is 1. The summed E-state index contributed by atoms with van der Waals surface area (Å²) in [6, 6.07) is 6.10. The third-order valence-electron chi connectivity index (χ3n) is 3.36. The number of carbonyl (C=O) groups is 1. The van der Waals surface area contributed by atoms with E-state index in [1.165, 1.54) is 5.56 Å². The van der Waals surface area contributed by atoms with Crippen LogP contribution in [0.3, 0.4) is 0 Å². The largest absolute Gasteiger partial charge is 0.337 e.